The van der Waals surface area contributed by atoms with Gasteiger partial charge in [0.25, 0.3) is 0 Å². The van der Waals surface area contributed by atoms with E-state index in [1.165, 1.54) is 7.11 Å². The minimum Gasteiger partial charge on any atom is -0.480 e. The Morgan fingerprint density at radius 3 is 2.81 bits per heavy atom. The average molecular weight is 301 g/mol. The summed E-state index contributed by atoms with van der Waals surface area (Å²) in [6.07, 6.45) is 2.41. The van der Waals surface area contributed by atoms with Crippen LogP contribution in [0.4, 0.5) is 0 Å². The fourth-order valence-electron chi connectivity index (χ4n) is 2.84. The number of carbonyl (C=O) groups excluding carboxylic acids is 1. The molecule has 1 amide bonds. The maximum atomic E-state index is 11.4. The molecule has 1 fully saturated rings. The van der Waals surface area contributed by atoms with Crippen LogP contribution in [-0.4, -0.2) is 67.3 Å². The Bertz CT molecular complexity index is 351. The van der Waals surface area contributed by atoms with E-state index in [2.05, 4.69) is 12.2 Å². The molecule has 0 aromatic heterocycles. The van der Waals surface area contributed by atoms with Crippen molar-refractivity contribution in [1.29, 1.82) is 0 Å². The molecule has 0 radical (unpaired) electrons. The van der Waals surface area contributed by atoms with Crippen LogP contribution in [0.2, 0.25) is 0 Å². The molecule has 3 unspecified atom stereocenters. The molecular weight excluding hydrogens is 274 g/mol. The molecule has 0 spiro atoms. The molecule has 0 aromatic carbocycles. The first-order valence-electron chi connectivity index (χ1n) is 7.46. The quantitative estimate of drug-likeness (QED) is 0.538. The van der Waals surface area contributed by atoms with E-state index < -0.39 is 12.0 Å². The fourth-order valence-corrected chi connectivity index (χ4v) is 2.84. The van der Waals surface area contributed by atoms with Gasteiger partial charge in [0.15, 0.2) is 0 Å². The van der Waals surface area contributed by atoms with Gasteiger partial charge in [0.2, 0.25) is 5.91 Å². The van der Waals surface area contributed by atoms with Crippen LogP contribution < -0.4 is 11.1 Å². The van der Waals surface area contributed by atoms with E-state index in [-0.39, 0.29) is 24.5 Å². The molecule has 4 N–H and O–H groups in total. The van der Waals surface area contributed by atoms with Crippen LogP contribution in [0.15, 0.2) is 0 Å². The Kier molecular flexibility index (Phi) is 7.63. The molecule has 0 aliphatic carbocycles. The predicted octanol–water partition coefficient (Wildman–Crippen LogP) is -0.348. The average Bonchev–Trinajstić information content (AvgIpc) is 2.78. The van der Waals surface area contributed by atoms with Crippen LogP contribution in [0.3, 0.4) is 0 Å². The lowest BCUT2D eigenvalue weighted by Crippen LogP contribution is -2.42. The monoisotopic (exact) mass is 301 g/mol. The van der Waals surface area contributed by atoms with Gasteiger partial charge in [-0.3, -0.25) is 14.5 Å². The SMILES string of the molecule is CCCC(CNC(=O)COC)CN1CC(N)CC1C(=O)O. The maximum Gasteiger partial charge on any atom is 0.320 e. The second-order valence-electron chi connectivity index (χ2n) is 5.70. The summed E-state index contributed by atoms with van der Waals surface area (Å²) in [7, 11) is 1.48. The van der Waals surface area contributed by atoms with E-state index in [4.69, 9.17) is 10.5 Å². The lowest BCUT2D eigenvalue weighted by molar-refractivity contribution is -0.142. The number of hydrogen-bond acceptors (Lipinski definition) is 5. The van der Waals surface area contributed by atoms with Crippen molar-refractivity contribution in [2.45, 2.75) is 38.3 Å². The number of likely N-dealkylation sites (tertiary alicyclic amines) is 1. The van der Waals surface area contributed by atoms with Crippen LogP contribution >= 0.6 is 0 Å². The summed E-state index contributed by atoms with van der Waals surface area (Å²) in [5.41, 5.74) is 5.87. The van der Waals surface area contributed by atoms with E-state index in [0.29, 0.717) is 26.1 Å². The summed E-state index contributed by atoms with van der Waals surface area (Å²) in [5.74, 6) is -0.740. The first-order valence-corrected chi connectivity index (χ1v) is 7.46. The first-order chi connectivity index (χ1) is 9.97. The number of aliphatic carboxylic acids is 1. The summed E-state index contributed by atoms with van der Waals surface area (Å²) < 4.78 is 4.78. The molecule has 0 bridgehead atoms. The molecule has 1 aliphatic rings. The summed E-state index contributed by atoms with van der Waals surface area (Å²) in [6, 6.07) is -0.592. The number of methoxy groups -OCH3 is 1. The van der Waals surface area contributed by atoms with Crippen molar-refractivity contribution in [3.8, 4) is 0 Å². The summed E-state index contributed by atoms with van der Waals surface area (Å²) in [6.45, 7) is 3.91. The lowest BCUT2D eigenvalue weighted by Gasteiger charge is -2.26. The maximum absolute atomic E-state index is 11.4. The number of amides is 1. The number of rotatable bonds is 9. The smallest absolute Gasteiger partial charge is 0.320 e. The zero-order valence-corrected chi connectivity index (χ0v) is 12.9. The van der Waals surface area contributed by atoms with Crippen LogP contribution in [-0.2, 0) is 14.3 Å². The molecule has 1 rings (SSSR count). The van der Waals surface area contributed by atoms with Crippen molar-refractivity contribution in [1.82, 2.24) is 10.2 Å². The fraction of sp³-hybridized carbons (Fsp3) is 0.857. The standard InChI is InChI=1S/C14H27N3O4/c1-3-4-10(6-16-13(18)9-21-2)7-17-8-11(15)5-12(17)14(19)20/h10-12H,3-9,15H2,1-2H3,(H,16,18)(H,19,20). The van der Waals surface area contributed by atoms with E-state index in [9.17, 15) is 14.7 Å². The van der Waals surface area contributed by atoms with Crippen molar-refractivity contribution < 1.29 is 19.4 Å². The van der Waals surface area contributed by atoms with Crippen LogP contribution in [0, 0.1) is 5.92 Å². The van der Waals surface area contributed by atoms with Crippen molar-refractivity contribution in [3.63, 3.8) is 0 Å². The van der Waals surface area contributed by atoms with Gasteiger partial charge < -0.3 is 20.9 Å². The number of carboxylic acid groups (broad SMARTS) is 1. The largest absolute Gasteiger partial charge is 0.480 e. The van der Waals surface area contributed by atoms with Gasteiger partial charge in [-0.15, -0.1) is 0 Å². The van der Waals surface area contributed by atoms with Gasteiger partial charge in [0.1, 0.15) is 12.6 Å². The van der Waals surface area contributed by atoms with Crippen molar-refractivity contribution in [3.05, 3.63) is 0 Å². The summed E-state index contributed by atoms with van der Waals surface area (Å²) in [4.78, 5) is 24.6. The Morgan fingerprint density at radius 1 is 1.52 bits per heavy atom. The molecular formula is C14H27N3O4. The molecule has 0 saturated carbocycles. The minimum absolute atomic E-state index is 0.0468. The van der Waals surface area contributed by atoms with Gasteiger partial charge in [-0.2, -0.15) is 0 Å². The van der Waals surface area contributed by atoms with E-state index in [0.717, 1.165) is 12.8 Å². The van der Waals surface area contributed by atoms with Crippen LogP contribution in [0.25, 0.3) is 0 Å². The van der Waals surface area contributed by atoms with Gasteiger partial charge in [-0.25, -0.2) is 0 Å². The van der Waals surface area contributed by atoms with E-state index >= 15 is 0 Å². The number of nitrogens with two attached hydrogens (primary N) is 1. The molecule has 1 aliphatic heterocycles. The third-order valence-corrected chi connectivity index (χ3v) is 3.77. The molecule has 1 heterocycles. The first kappa shape index (κ1) is 17.9. The minimum atomic E-state index is -0.818. The van der Waals surface area contributed by atoms with Gasteiger partial charge in [0, 0.05) is 32.8 Å². The van der Waals surface area contributed by atoms with Crippen molar-refractivity contribution in [2.75, 3.05) is 33.4 Å². The van der Waals surface area contributed by atoms with Crippen LogP contribution in [0.1, 0.15) is 26.2 Å². The molecule has 21 heavy (non-hydrogen) atoms. The van der Waals surface area contributed by atoms with Crippen molar-refractivity contribution in [2.24, 2.45) is 11.7 Å². The van der Waals surface area contributed by atoms with Gasteiger partial charge in [-0.1, -0.05) is 13.3 Å². The Morgan fingerprint density at radius 2 is 2.24 bits per heavy atom. The zero-order chi connectivity index (χ0) is 15.8. The van der Waals surface area contributed by atoms with Crippen LogP contribution in [0.5, 0.6) is 0 Å². The molecule has 1 saturated heterocycles. The number of carbonyl (C=O) groups is 2. The highest BCUT2D eigenvalue weighted by Gasteiger charge is 2.35. The number of nitrogens with one attached hydrogen (secondary N) is 1. The Labute approximate surface area is 125 Å². The Balaban J connectivity index is 2.52. The number of ether oxygens (including phenoxy) is 1. The van der Waals surface area contributed by atoms with Gasteiger partial charge in [-0.05, 0) is 18.8 Å². The normalized spacial score (nSPS) is 24.0. The summed E-state index contributed by atoms with van der Waals surface area (Å²) in [5, 5.41) is 12.1. The second-order valence-corrected chi connectivity index (χ2v) is 5.70. The number of nitrogens with zero attached hydrogens (tertiary/aromatic N) is 1. The molecule has 3 atom stereocenters. The number of hydrogen-bond donors (Lipinski definition) is 3. The predicted molar refractivity (Wildman–Crippen MR) is 78.9 cm³/mol. The van der Waals surface area contributed by atoms with E-state index in [1.807, 2.05) is 4.90 Å². The lowest BCUT2D eigenvalue weighted by atomic mass is 10.0. The zero-order valence-electron chi connectivity index (χ0n) is 12.9. The topological polar surface area (TPSA) is 105 Å². The second kappa shape index (κ2) is 8.96. The highest BCUT2D eigenvalue weighted by atomic mass is 16.5. The highest BCUT2D eigenvalue weighted by Crippen LogP contribution is 2.20. The third-order valence-electron chi connectivity index (χ3n) is 3.77. The third kappa shape index (κ3) is 5.99. The van der Waals surface area contributed by atoms with Gasteiger partial charge >= 0.3 is 5.97 Å². The molecule has 7 heteroatoms. The highest BCUT2D eigenvalue weighted by molar-refractivity contribution is 5.77. The van der Waals surface area contributed by atoms with Crippen molar-refractivity contribution >= 4 is 11.9 Å². The van der Waals surface area contributed by atoms with Gasteiger partial charge in [0.05, 0.1) is 0 Å². The Hall–Kier alpha value is -1.18. The van der Waals surface area contributed by atoms with E-state index in [1.54, 1.807) is 0 Å². The number of carboxylic acids is 1. The molecule has 0 aromatic rings. The molecule has 122 valence electrons. The summed E-state index contributed by atoms with van der Waals surface area (Å²) >= 11 is 0. The molecule has 7 nitrogen and oxygen atoms in total.